The van der Waals surface area contributed by atoms with Gasteiger partial charge in [-0.05, 0) is 30.7 Å². The Morgan fingerprint density at radius 3 is 2.56 bits per heavy atom. The number of benzene rings is 1. The molecule has 0 aliphatic rings. The molecule has 2 aromatic heterocycles. The van der Waals surface area contributed by atoms with E-state index in [1.54, 1.807) is 18.2 Å². The number of hydrogen-bond acceptors (Lipinski definition) is 5. The first kappa shape index (κ1) is 16.7. The topological polar surface area (TPSA) is 61.5 Å². The SMILES string of the molecule is C/C=C/c1ccc(Oc2ccc3nnc(C(F)(F)F)n3n2)c(OC)c1. The van der Waals surface area contributed by atoms with Gasteiger partial charge in [-0.2, -0.15) is 17.7 Å². The molecule has 9 heteroatoms. The minimum atomic E-state index is -4.67. The van der Waals surface area contributed by atoms with Gasteiger partial charge in [0, 0.05) is 6.07 Å². The van der Waals surface area contributed by atoms with Crippen molar-refractivity contribution in [3.63, 3.8) is 0 Å². The van der Waals surface area contributed by atoms with Gasteiger partial charge >= 0.3 is 6.18 Å². The first-order chi connectivity index (χ1) is 11.9. The summed E-state index contributed by atoms with van der Waals surface area (Å²) in [5, 5.41) is 10.4. The van der Waals surface area contributed by atoms with Crippen LogP contribution in [0.5, 0.6) is 17.4 Å². The van der Waals surface area contributed by atoms with Crippen LogP contribution in [0.1, 0.15) is 18.3 Å². The molecule has 0 spiro atoms. The summed E-state index contributed by atoms with van der Waals surface area (Å²) in [5.74, 6) is -0.514. The summed E-state index contributed by atoms with van der Waals surface area (Å²) >= 11 is 0. The summed E-state index contributed by atoms with van der Waals surface area (Å²) in [6.45, 7) is 1.88. The van der Waals surface area contributed by atoms with Gasteiger partial charge in [-0.15, -0.1) is 15.3 Å². The third-order valence-electron chi connectivity index (χ3n) is 3.25. The Bertz CT molecular complexity index is 935. The van der Waals surface area contributed by atoms with Crippen molar-refractivity contribution in [1.82, 2.24) is 19.8 Å². The maximum absolute atomic E-state index is 12.9. The Balaban J connectivity index is 1.98. The van der Waals surface area contributed by atoms with Crippen molar-refractivity contribution in [3.8, 4) is 17.4 Å². The average molecular weight is 350 g/mol. The lowest BCUT2D eigenvalue weighted by atomic mass is 10.2. The molecule has 0 aliphatic carbocycles. The van der Waals surface area contributed by atoms with Gasteiger partial charge in [-0.3, -0.25) is 0 Å². The monoisotopic (exact) mass is 350 g/mol. The quantitative estimate of drug-likeness (QED) is 0.712. The van der Waals surface area contributed by atoms with Crippen molar-refractivity contribution in [2.75, 3.05) is 7.11 Å². The van der Waals surface area contributed by atoms with E-state index in [2.05, 4.69) is 15.3 Å². The standard InChI is InChI=1S/C16H13F3N4O2/c1-3-4-10-5-6-11(12(9-10)24-2)25-14-8-7-13-20-21-15(16(17,18)19)23(13)22-14/h3-9H,1-2H3/b4-3+. The maximum atomic E-state index is 12.9. The predicted octanol–water partition coefficient (Wildman–Crippen LogP) is 3.98. The molecule has 0 amide bonds. The van der Waals surface area contributed by atoms with Crippen molar-refractivity contribution >= 4 is 11.7 Å². The molecule has 6 nitrogen and oxygen atoms in total. The number of halogens is 3. The fourth-order valence-corrected chi connectivity index (χ4v) is 2.18. The smallest absolute Gasteiger partial charge is 0.453 e. The molecular weight excluding hydrogens is 337 g/mol. The lowest BCUT2D eigenvalue weighted by Crippen LogP contribution is -2.12. The first-order valence-corrected chi connectivity index (χ1v) is 7.20. The van der Waals surface area contributed by atoms with Crippen LogP contribution in [0.25, 0.3) is 11.7 Å². The molecule has 2 heterocycles. The third kappa shape index (κ3) is 3.39. The van der Waals surface area contributed by atoms with E-state index in [4.69, 9.17) is 9.47 Å². The van der Waals surface area contributed by atoms with Gasteiger partial charge in [0.05, 0.1) is 7.11 Å². The third-order valence-corrected chi connectivity index (χ3v) is 3.25. The van der Waals surface area contributed by atoms with Crippen LogP contribution in [0.15, 0.2) is 36.4 Å². The van der Waals surface area contributed by atoms with Gasteiger partial charge in [0.25, 0.3) is 5.82 Å². The molecule has 1 aromatic carbocycles. The Morgan fingerprint density at radius 2 is 1.88 bits per heavy atom. The molecular formula is C16H13F3N4O2. The Hall–Kier alpha value is -3.10. The van der Waals surface area contributed by atoms with Crippen molar-refractivity contribution in [3.05, 3.63) is 47.8 Å². The zero-order valence-corrected chi connectivity index (χ0v) is 13.3. The van der Waals surface area contributed by atoms with Crippen LogP contribution >= 0.6 is 0 Å². The van der Waals surface area contributed by atoms with Crippen LogP contribution in [0.2, 0.25) is 0 Å². The largest absolute Gasteiger partial charge is 0.493 e. The number of fused-ring (bicyclic) bond motifs is 1. The van der Waals surface area contributed by atoms with Crippen LogP contribution in [-0.2, 0) is 6.18 Å². The van der Waals surface area contributed by atoms with Crippen LogP contribution in [0, 0.1) is 0 Å². The Kier molecular flexibility index (Phi) is 4.30. The number of ether oxygens (including phenoxy) is 2. The van der Waals surface area contributed by atoms with Gasteiger partial charge < -0.3 is 9.47 Å². The summed E-state index contributed by atoms with van der Waals surface area (Å²) in [6, 6.07) is 7.93. The van der Waals surface area contributed by atoms with E-state index in [1.165, 1.54) is 19.2 Å². The lowest BCUT2D eigenvalue weighted by Gasteiger charge is -2.11. The van der Waals surface area contributed by atoms with E-state index in [-0.39, 0.29) is 11.5 Å². The predicted molar refractivity (Wildman–Crippen MR) is 83.6 cm³/mol. The second-order valence-electron chi connectivity index (χ2n) is 4.98. The van der Waals surface area contributed by atoms with Crippen LogP contribution in [-0.4, -0.2) is 26.9 Å². The fraction of sp³-hybridized carbons (Fsp3) is 0.188. The summed E-state index contributed by atoms with van der Waals surface area (Å²) in [4.78, 5) is 0. The van der Waals surface area contributed by atoms with E-state index in [0.717, 1.165) is 5.56 Å². The highest BCUT2D eigenvalue weighted by Gasteiger charge is 2.37. The minimum absolute atomic E-state index is 0.0323. The van der Waals surface area contributed by atoms with Gasteiger partial charge in [0.1, 0.15) is 0 Å². The molecule has 0 unspecified atom stereocenters. The number of allylic oxidation sites excluding steroid dienone is 1. The maximum Gasteiger partial charge on any atom is 0.453 e. The van der Waals surface area contributed by atoms with Gasteiger partial charge in [0.2, 0.25) is 5.88 Å². The molecule has 0 N–H and O–H groups in total. The number of hydrogen-bond donors (Lipinski definition) is 0. The Morgan fingerprint density at radius 1 is 1.08 bits per heavy atom. The Labute approximate surface area is 140 Å². The molecule has 3 rings (SSSR count). The summed E-state index contributed by atoms with van der Waals surface area (Å²) in [5.41, 5.74) is 0.864. The summed E-state index contributed by atoms with van der Waals surface area (Å²) in [7, 11) is 1.47. The van der Waals surface area contributed by atoms with E-state index >= 15 is 0 Å². The van der Waals surface area contributed by atoms with E-state index in [9.17, 15) is 13.2 Å². The average Bonchev–Trinajstić information content (AvgIpc) is 3.00. The minimum Gasteiger partial charge on any atom is -0.493 e. The lowest BCUT2D eigenvalue weighted by molar-refractivity contribution is -0.146. The second kappa shape index (κ2) is 6.42. The van der Waals surface area contributed by atoms with Crippen LogP contribution < -0.4 is 9.47 Å². The number of nitrogens with zero attached hydrogens (tertiary/aromatic N) is 4. The van der Waals surface area contributed by atoms with Gasteiger partial charge in [-0.1, -0.05) is 18.2 Å². The van der Waals surface area contributed by atoms with Crippen LogP contribution in [0.3, 0.4) is 0 Å². The van der Waals surface area contributed by atoms with E-state index in [1.807, 2.05) is 19.1 Å². The molecule has 130 valence electrons. The fourth-order valence-electron chi connectivity index (χ4n) is 2.18. The summed E-state index contributed by atoms with van der Waals surface area (Å²) in [6.07, 6.45) is -0.921. The number of rotatable bonds is 4. The highest BCUT2D eigenvalue weighted by molar-refractivity contribution is 5.56. The number of aromatic nitrogens is 4. The highest BCUT2D eigenvalue weighted by Crippen LogP contribution is 2.33. The molecule has 0 saturated carbocycles. The zero-order chi connectivity index (χ0) is 18.0. The number of alkyl halides is 3. The second-order valence-corrected chi connectivity index (χ2v) is 4.98. The molecule has 0 aliphatic heterocycles. The molecule has 0 bridgehead atoms. The van der Waals surface area contributed by atoms with Crippen molar-refractivity contribution < 1.29 is 22.6 Å². The van der Waals surface area contributed by atoms with Gasteiger partial charge in [-0.25, -0.2) is 0 Å². The summed E-state index contributed by atoms with van der Waals surface area (Å²) < 4.78 is 50.2. The van der Waals surface area contributed by atoms with E-state index in [0.29, 0.717) is 16.0 Å². The molecule has 0 atom stereocenters. The van der Waals surface area contributed by atoms with Crippen molar-refractivity contribution in [2.45, 2.75) is 13.1 Å². The zero-order valence-electron chi connectivity index (χ0n) is 13.3. The molecule has 3 aromatic rings. The van der Waals surface area contributed by atoms with Crippen molar-refractivity contribution in [2.24, 2.45) is 0 Å². The first-order valence-electron chi connectivity index (χ1n) is 7.20. The highest BCUT2D eigenvalue weighted by atomic mass is 19.4. The molecule has 0 fully saturated rings. The van der Waals surface area contributed by atoms with E-state index < -0.39 is 12.0 Å². The van der Waals surface area contributed by atoms with Crippen LogP contribution in [0.4, 0.5) is 13.2 Å². The molecule has 25 heavy (non-hydrogen) atoms. The number of methoxy groups -OCH3 is 1. The van der Waals surface area contributed by atoms with Crippen molar-refractivity contribution in [1.29, 1.82) is 0 Å². The molecule has 0 saturated heterocycles. The normalized spacial score (nSPS) is 12.0. The van der Waals surface area contributed by atoms with Gasteiger partial charge in [0.15, 0.2) is 17.1 Å². The molecule has 0 radical (unpaired) electrons.